The van der Waals surface area contributed by atoms with E-state index >= 15 is 0 Å². The second-order valence-corrected chi connectivity index (χ2v) is 12.0. The van der Waals surface area contributed by atoms with E-state index in [-0.39, 0.29) is 0 Å². The van der Waals surface area contributed by atoms with E-state index in [1.54, 1.807) is 0 Å². The summed E-state index contributed by atoms with van der Waals surface area (Å²) in [6, 6.07) is 64.0. The predicted molar refractivity (Wildman–Crippen MR) is 200 cm³/mol. The molecule has 0 spiro atoms. The molecule has 0 saturated heterocycles. The Morgan fingerprint density at radius 1 is 0.396 bits per heavy atom. The maximum Gasteiger partial charge on any atom is 0.227 e. The van der Waals surface area contributed by atoms with Gasteiger partial charge < -0.3 is 9.32 Å². The number of hydrogen-bond acceptors (Lipinski definition) is 3. The smallest absolute Gasteiger partial charge is 0.227 e. The van der Waals surface area contributed by atoms with Crippen molar-refractivity contribution < 1.29 is 4.42 Å². The van der Waals surface area contributed by atoms with Crippen molar-refractivity contribution in [3.63, 3.8) is 0 Å². The molecular formula is C45H30N2O. The highest BCUT2D eigenvalue weighted by atomic mass is 16.3. The molecule has 3 heteroatoms. The molecule has 48 heavy (non-hydrogen) atoms. The minimum Gasteiger partial charge on any atom is -0.436 e. The molecule has 1 heterocycles. The standard InChI is InChI=1S/C45H30N2O/c1-3-12-35(13-4-1)45-46-44-42(48-45)30-25-34-15-10-20-41(43(34)44)33-23-28-38(29-24-33)47(36-16-5-2-6-17-36)37-26-21-32(22-27-37)40-19-9-14-31-11-7-8-18-39(31)40/h1-30H. The quantitative estimate of drug-likeness (QED) is 0.187. The van der Waals surface area contributed by atoms with E-state index in [9.17, 15) is 0 Å². The van der Waals surface area contributed by atoms with Gasteiger partial charge in [0.05, 0.1) is 0 Å². The molecule has 0 aliphatic rings. The van der Waals surface area contributed by atoms with Crippen LogP contribution in [0.25, 0.3) is 66.4 Å². The number of aromatic nitrogens is 1. The molecule has 3 nitrogen and oxygen atoms in total. The van der Waals surface area contributed by atoms with Crippen molar-refractivity contribution >= 4 is 49.7 Å². The average Bonchev–Trinajstić information content (AvgIpc) is 3.61. The summed E-state index contributed by atoms with van der Waals surface area (Å²) in [6.07, 6.45) is 0. The Morgan fingerprint density at radius 3 is 1.69 bits per heavy atom. The first kappa shape index (κ1) is 27.8. The van der Waals surface area contributed by atoms with Crippen LogP contribution in [0.15, 0.2) is 186 Å². The zero-order valence-electron chi connectivity index (χ0n) is 26.1. The van der Waals surface area contributed by atoms with Crippen molar-refractivity contribution in [2.45, 2.75) is 0 Å². The van der Waals surface area contributed by atoms with Gasteiger partial charge in [-0.15, -0.1) is 0 Å². The predicted octanol–water partition coefficient (Wildman–Crippen LogP) is 12.6. The van der Waals surface area contributed by atoms with Crippen LogP contribution in [-0.4, -0.2) is 4.98 Å². The van der Waals surface area contributed by atoms with Crippen LogP contribution < -0.4 is 4.90 Å². The zero-order chi connectivity index (χ0) is 31.9. The SMILES string of the molecule is c1ccc(-c2nc3c(ccc4cccc(-c5ccc(N(c6ccccc6)c6ccc(-c7cccc8ccccc78)cc6)cc5)c43)o2)cc1. The van der Waals surface area contributed by atoms with Crippen LogP contribution in [0.4, 0.5) is 17.1 Å². The first-order valence-corrected chi connectivity index (χ1v) is 16.2. The maximum atomic E-state index is 6.24. The third-order valence-corrected chi connectivity index (χ3v) is 9.10. The molecular weight excluding hydrogens is 585 g/mol. The van der Waals surface area contributed by atoms with E-state index in [2.05, 4.69) is 150 Å². The van der Waals surface area contributed by atoms with E-state index in [0.29, 0.717) is 5.89 Å². The average molecular weight is 615 g/mol. The molecule has 0 bridgehead atoms. The van der Waals surface area contributed by atoms with Crippen LogP contribution in [0.5, 0.6) is 0 Å². The second kappa shape index (κ2) is 11.7. The maximum absolute atomic E-state index is 6.24. The lowest BCUT2D eigenvalue weighted by Gasteiger charge is -2.26. The molecule has 8 aromatic carbocycles. The molecule has 226 valence electrons. The molecule has 0 unspecified atom stereocenters. The summed E-state index contributed by atoms with van der Waals surface area (Å²) in [4.78, 5) is 7.30. The lowest BCUT2D eigenvalue weighted by Crippen LogP contribution is -2.09. The van der Waals surface area contributed by atoms with Gasteiger partial charge in [-0.3, -0.25) is 0 Å². The highest BCUT2D eigenvalue weighted by Gasteiger charge is 2.17. The highest BCUT2D eigenvalue weighted by molar-refractivity contribution is 6.12. The lowest BCUT2D eigenvalue weighted by atomic mass is 9.97. The fourth-order valence-corrected chi connectivity index (χ4v) is 6.79. The number of oxazole rings is 1. The van der Waals surface area contributed by atoms with Gasteiger partial charge in [-0.2, -0.15) is 0 Å². The van der Waals surface area contributed by atoms with Crippen molar-refractivity contribution in [3.05, 3.63) is 182 Å². The summed E-state index contributed by atoms with van der Waals surface area (Å²) < 4.78 is 6.24. The van der Waals surface area contributed by atoms with Crippen molar-refractivity contribution in [2.24, 2.45) is 0 Å². The van der Waals surface area contributed by atoms with Crippen LogP contribution in [-0.2, 0) is 0 Å². The van der Waals surface area contributed by atoms with Crippen molar-refractivity contribution in [1.82, 2.24) is 4.98 Å². The summed E-state index contributed by atoms with van der Waals surface area (Å²) in [5.41, 5.74) is 10.6. The van der Waals surface area contributed by atoms with Crippen LogP contribution in [0.2, 0.25) is 0 Å². The minimum atomic E-state index is 0.633. The molecule has 9 aromatic rings. The van der Waals surface area contributed by atoms with Crippen LogP contribution in [0.3, 0.4) is 0 Å². The van der Waals surface area contributed by atoms with Gasteiger partial charge in [-0.05, 0) is 93.0 Å². The van der Waals surface area contributed by atoms with Crippen molar-refractivity contribution in [1.29, 1.82) is 0 Å². The van der Waals surface area contributed by atoms with Crippen molar-refractivity contribution in [3.8, 4) is 33.7 Å². The summed E-state index contributed by atoms with van der Waals surface area (Å²) in [6.45, 7) is 0. The summed E-state index contributed by atoms with van der Waals surface area (Å²) in [5.74, 6) is 0.633. The van der Waals surface area contributed by atoms with E-state index in [1.165, 1.54) is 21.9 Å². The third-order valence-electron chi connectivity index (χ3n) is 9.10. The number of fused-ring (bicyclic) bond motifs is 4. The van der Waals surface area contributed by atoms with Crippen LogP contribution in [0.1, 0.15) is 0 Å². The Balaban J connectivity index is 1.11. The third kappa shape index (κ3) is 4.90. The Kier molecular flexibility index (Phi) is 6.80. The van der Waals surface area contributed by atoms with Gasteiger partial charge in [0, 0.05) is 28.0 Å². The summed E-state index contributed by atoms with van der Waals surface area (Å²) in [5, 5.41) is 4.74. The zero-order valence-corrected chi connectivity index (χ0v) is 26.1. The molecule has 0 N–H and O–H groups in total. The van der Waals surface area contributed by atoms with E-state index in [0.717, 1.165) is 55.6 Å². The largest absolute Gasteiger partial charge is 0.436 e. The van der Waals surface area contributed by atoms with Gasteiger partial charge >= 0.3 is 0 Å². The first-order valence-electron chi connectivity index (χ1n) is 16.2. The lowest BCUT2D eigenvalue weighted by molar-refractivity contribution is 0.620. The van der Waals surface area contributed by atoms with Gasteiger partial charge in [-0.25, -0.2) is 4.98 Å². The van der Waals surface area contributed by atoms with Gasteiger partial charge in [-0.1, -0.05) is 127 Å². The number of anilines is 3. The molecule has 0 amide bonds. The van der Waals surface area contributed by atoms with Gasteiger partial charge in [0.15, 0.2) is 5.58 Å². The molecule has 0 aliphatic heterocycles. The molecule has 0 aliphatic carbocycles. The summed E-state index contributed by atoms with van der Waals surface area (Å²) in [7, 11) is 0. The fraction of sp³-hybridized carbons (Fsp3) is 0. The normalized spacial score (nSPS) is 11.3. The summed E-state index contributed by atoms with van der Waals surface area (Å²) >= 11 is 0. The van der Waals surface area contributed by atoms with Crippen molar-refractivity contribution in [2.75, 3.05) is 4.90 Å². The Morgan fingerprint density at radius 2 is 0.958 bits per heavy atom. The topological polar surface area (TPSA) is 29.3 Å². The Bertz CT molecular complexity index is 2530. The number of para-hydroxylation sites is 1. The molecule has 9 rings (SSSR count). The van der Waals surface area contributed by atoms with E-state index in [1.807, 2.05) is 36.4 Å². The number of nitrogens with zero attached hydrogens (tertiary/aromatic N) is 2. The van der Waals surface area contributed by atoms with E-state index in [4.69, 9.17) is 9.40 Å². The monoisotopic (exact) mass is 614 g/mol. The Hall–Kier alpha value is -6.45. The van der Waals surface area contributed by atoms with Crippen LogP contribution >= 0.6 is 0 Å². The molecule has 0 fully saturated rings. The van der Waals surface area contributed by atoms with E-state index < -0.39 is 0 Å². The molecule has 0 saturated carbocycles. The van der Waals surface area contributed by atoms with Gasteiger partial charge in [0.1, 0.15) is 5.52 Å². The van der Waals surface area contributed by atoms with Gasteiger partial charge in [0.25, 0.3) is 0 Å². The number of benzene rings is 8. The minimum absolute atomic E-state index is 0.633. The molecule has 0 atom stereocenters. The fourth-order valence-electron chi connectivity index (χ4n) is 6.79. The number of rotatable bonds is 6. The molecule has 1 aromatic heterocycles. The Labute approximate surface area is 279 Å². The molecule has 0 radical (unpaired) electrons. The van der Waals surface area contributed by atoms with Gasteiger partial charge in [0.2, 0.25) is 5.89 Å². The van der Waals surface area contributed by atoms with Crippen LogP contribution in [0, 0.1) is 0 Å². The second-order valence-electron chi connectivity index (χ2n) is 12.0. The number of hydrogen-bond donors (Lipinski definition) is 0. The first-order chi connectivity index (χ1) is 23.8. The highest BCUT2D eigenvalue weighted by Crippen LogP contribution is 2.40.